The van der Waals surface area contributed by atoms with Gasteiger partial charge in [0.05, 0.1) is 39.4 Å². The first-order valence-electron chi connectivity index (χ1n) is 11.4. The monoisotopic (exact) mass is 510 g/mol. The van der Waals surface area contributed by atoms with Crippen LogP contribution in [-0.2, 0) is 13.6 Å². The molecule has 0 atom stereocenters. The molecule has 1 aromatic carbocycles. The van der Waals surface area contributed by atoms with Crippen LogP contribution in [0.3, 0.4) is 0 Å². The van der Waals surface area contributed by atoms with E-state index >= 15 is 0 Å². The normalized spacial score (nSPS) is 14.4. The van der Waals surface area contributed by atoms with Crippen LogP contribution in [-0.4, -0.2) is 38.3 Å². The fraction of sp³-hybridized carbons (Fsp3) is 0.280. The first kappa shape index (κ1) is 23.5. The van der Waals surface area contributed by atoms with Crippen LogP contribution in [0.15, 0.2) is 53.8 Å². The number of carbonyl (C=O) groups excluding carboxylic acids is 1. The predicted molar refractivity (Wildman–Crippen MR) is 138 cm³/mol. The van der Waals surface area contributed by atoms with Crippen molar-refractivity contribution in [3.63, 3.8) is 0 Å². The van der Waals surface area contributed by atoms with Crippen molar-refractivity contribution in [2.45, 2.75) is 25.3 Å². The van der Waals surface area contributed by atoms with Crippen molar-refractivity contribution < 1.29 is 4.79 Å². The highest BCUT2D eigenvalue weighted by Gasteiger charge is 2.21. The molecule has 35 heavy (non-hydrogen) atoms. The number of anilines is 1. The molecule has 0 radical (unpaired) electrons. The van der Waals surface area contributed by atoms with Gasteiger partial charge in [-0.05, 0) is 49.7 Å². The van der Waals surface area contributed by atoms with Crippen LogP contribution < -0.4 is 16.2 Å². The number of amides is 1. The van der Waals surface area contributed by atoms with Gasteiger partial charge in [-0.3, -0.25) is 19.3 Å². The highest BCUT2D eigenvalue weighted by molar-refractivity contribution is 6.42. The topological polar surface area (TPSA) is 93.8 Å². The molecule has 4 aromatic rings. The molecule has 0 aliphatic carbocycles. The Kier molecular flexibility index (Phi) is 6.60. The molecule has 0 unspecified atom stereocenters. The van der Waals surface area contributed by atoms with Gasteiger partial charge in [-0.2, -0.15) is 5.10 Å². The van der Waals surface area contributed by atoms with Crippen LogP contribution in [0.25, 0.3) is 10.8 Å². The summed E-state index contributed by atoms with van der Waals surface area (Å²) in [5, 5.41) is 12.2. The van der Waals surface area contributed by atoms with Crippen molar-refractivity contribution in [2.24, 2.45) is 7.05 Å². The van der Waals surface area contributed by atoms with Crippen LogP contribution in [0, 0.1) is 0 Å². The van der Waals surface area contributed by atoms with E-state index in [0.717, 1.165) is 37.2 Å². The quantitative estimate of drug-likeness (QED) is 0.419. The number of hydrogen-bond acceptors (Lipinski definition) is 5. The van der Waals surface area contributed by atoms with Crippen LogP contribution in [0.4, 0.5) is 5.69 Å². The summed E-state index contributed by atoms with van der Waals surface area (Å²) in [6, 6.07) is 7.11. The van der Waals surface area contributed by atoms with Crippen molar-refractivity contribution >= 4 is 45.6 Å². The molecule has 1 amide bonds. The third-order valence-corrected chi connectivity index (χ3v) is 7.03. The number of aryl methyl sites for hydroxylation is 1. The van der Waals surface area contributed by atoms with Crippen molar-refractivity contribution in [1.29, 1.82) is 0 Å². The number of aromatic nitrogens is 4. The predicted octanol–water partition coefficient (Wildman–Crippen LogP) is 4.20. The Balaban J connectivity index is 1.61. The highest BCUT2D eigenvalue weighted by Crippen LogP contribution is 2.28. The summed E-state index contributed by atoms with van der Waals surface area (Å²) >= 11 is 12.2. The van der Waals surface area contributed by atoms with Crippen LogP contribution in [0.1, 0.15) is 40.4 Å². The van der Waals surface area contributed by atoms with Gasteiger partial charge in [-0.25, -0.2) is 0 Å². The van der Waals surface area contributed by atoms with Gasteiger partial charge in [0.2, 0.25) is 0 Å². The largest absolute Gasteiger partial charge is 0.319 e. The first-order chi connectivity index (χ1) is 16.9. The molecule has 1 fully saturated rings. The molecule has 2 N–H and O–H groups in total. The number of benzene rings is 1. The zero-order valence-electron chi connectivity index (χ0n) is 19.1. The summed E-state index contributed by atoms with van der Waals surface area (Å²) in [5.74, 6) is -0.0399. The van der Waals surface area contributed by atoms with Crippen molar-refractivity contribution in [3.05, 3.63) is 86.3 Å². The van der Waals surface area contributed by atoms with E-state index in [1.807, 2.05) is 6.07 Å². The maximum atomic E-state index is 13.4. The van der Waals surface area contributed by atoms with E-state index in [-0.39, 0.29) is 23.9 Å². The minimum Gasteiger partial charge on any atom is -0.319 e. The fourth-order valence-corrected chi connectivity index (χ4v) is 4.78. The maximum absolute atomic E-state index is 13.4. The first-order valence-corrected chi connectivity index (χ1v) is 12.1. The Hall–Kier alpha value is -3.20. The summed E-state index contributed by atoms with van der Waals surface area (Å²) in [4.78, 5) is 31.5. The molecule has 3 aromatic heterocycles. The molecule has 4 heterocycles. The van der Waals surface area contributed by atoms with Gasteiger partial charge in [0.25, 0.3) is 11.5 Å². The summed E-state index contributed by atoms with van der Waals surface area (Å²) in [5.41, 5.74) is 2.42. The SMILES string of the molecule is Cn1cc(NC(=O)c2cn(Cc3ccc(Cl)c(Cl)c3)c(=O)c3cnc(C4CCNCC4)cc23)cn1. The van der Waals surface area contributed by atoms with Gasteiger partial charge in [0, 0.05) is 42.6 Å². The Bertz CT molecular complexity index is 1470. The van der Waals surface area contributed by atoms with E-state index < -0.39 is 0 Å². The molecule has 1 saturated heterocycles. The number of nitrogens with one attached hydrogen (secondary N) is 2. The van der Waals surface area contributed by atoms with Gasteiger partial charge < -0.3 is 15.2 Å². The molecule has 1 aliphatic rings. The third-order valence-electron chi connectivity index (χ3n) is 6.29. The van der Waals surface area contributed by atoms with Crippen LogP contribution in [0.5, 0.6) is 0 Å². The zero-order chi connectivity index (χ0) is 24.5. The van der Waals surface area contributed by atoms with E-state index in [0.29, 0.717) is 32.1 Å². The van der Waals surface area contributed by atoms with Crippen LogP contribution in [0.2, 0.25) is 10.0 Å². The molecule has 10 heteroatoms. The lowest BCUT2D eigenvalue weighted by molar-refractivity contribution is 0.102. The van der Waals surface area contributed by atoms with Gasteiger partial charge >= 0.3 is 0 Å². The van der Waals surface area contributed by atoms with E-state index in [1.165, 1.54) is 4.57 Å². The Morgan fingerprint density at radius 2 is 1.91 bits per heavy atom. The van der Waals surface area contributed by atoms with E-state index in [1.54, 1.807) is 54.7 Å². The van der Waals surface area contributed by atoms with Gasteiger partial charge in [-0.1, -0.05) is 29.3 Å². The summed E-state index contributed by atoms with van der Waals surface area (Å²) < 4.78 is 3.12. The summed E-state index contributed by atoms with van der Waals surface area (Å²) in [6.45, 7) is 2.07. The summed E-state index contributed by atoms with van der Waals surface area (Å²) in [6.07, 6.45) is 8.42. The zero-order valence-corrected chi connectivity index (χ0v) is 20.6. The number of carbonyl (C=O) groups is 1. The Morgan fingerprint density at radius 3 is 2.63 bits per heavy atom. The molecule has 8 nitrogen and oxygen atoms in total. The molecule has 0 bridgehead atoms. The minimum atomic E-state index is -0.326. The molecule has 180 valence electrons. The average molecular weight is 511 g/mol. The molecule has 1 aliphatic heterocycles. The van der Waals surface area contributed by atoms with Gasteiger partial charge in [0.1, 0.15) is 0 Å². The second-order valence-electron chi connectivity index (χ2n) is 8.76. The van der Waals surface area contributed by atoms with Crippen molar-refractivity contribution in [3.8, 4) is 0 Å². The lowest BCUT2D eigenvalue weighted by atomic mass is 9.92. The van der Waals surface area contributed by atoms with Gasteiger partial charge in [0.15, 0.2) is 0 Å². The molecule has 0 spiro atoms. The van der Waals surface area contributed by atoms with E-state index in [9.17, 15) is 9.59 Å². The van der Waals surface area contributed by atoms with Crippen molar-refractivity contribution in [2.75, 3.05) is 18.4 Å². The van der Waals surface area contributed by atoms with E-state index in [2.05, 4.69) is 20.7 Å². The number of hydrogen-bond donors (Lipinski definition) is 2. The second kappa shape index (κ2) is 9.81. The highest BCUT2D eigenvalue weighted by atomic mass is 35.5. The fourth-order valence-electron chi connectivity index (χ4n) is 4.46. The minimum absolute atomic E-state index is 0.228. The number of halogens is 2. The molecule has 0 saturated carbocycles. The smallest absolute Gasteiger partial charge is 0.260 e. The van der Waals surface area contributed by atoms with Gasteiger partial charge in [-0.15, -0.1) is 0 Å². The van der Waals surface area contributed by atoms with Crippen molar-refractivity contribution in [1.82, 2.24) is 24.6 Å². The second-order valence-corrected chi connectivity index (χ2v) is 9.57. The number of nitrogens with zero attached hydrogens (tertiary/aromatic N) is 4. The molecular formula is C25H24Cl2N6O2. The molecular weight excluding hydrogens is 487 g/mol. The number of piperidine rings is 1. The lowest BCUT2D eigenvalue weighted by Gasteiger charge is -2.22. The number of pyridine rings is 2. The number of rotatable bonds is 5. The average Bonchev–Trinajstić information content (AvgIpc) is 3.27. The molecule has 5 rings (SSSR count). The number of fused-ring (bicyclic) bond motifs is 1. The Labute approximate surface area is 211 Å². The standard InChI is InChI=1S/C25H24Cl2N6O2/c1-32-13-17(10-30-32)31-24(34)20-14-33(12-15-2-3-21(26)22(27)8-15)25(35)19-11-29-23(9-18(19)20)16-4-6-28-7-5-16/h2-3,8-11,13-14,16,28H,4-7,12H2,1H3,(H,31,34). The summed E-state index contributed by atoms with van der Waals surface area (Å²) in [7, 11) is 1.78. The lowest BCUT2D eigenvalue weighted by Crippen LogP contribution is -2.27. The Morgan fingerprint density at radius 1 is 1.11 bits per heavy atom. The van der Waals surface area contributed by atoms with Crippen LogP contribution >= 0.6 is 23.2 Å². The maximum Gasteiger partial charge on any atom is 0.260 e. The third kappa shape index (κ3) is 4.96. The van der Waals surface area contributed by atoms with E-state index in [4.69, 9.17) is 23.2 Å².